The minimum Gasteiger partial charge on any atom is -0.481 e. The molecule has 3 rings (SSSR count). The number of fused-ring (bicyclic) bond motifs is 2. The van der Waals surface area contributed by atoms with E-state index in [-0.39, 0.29) is 11.9 Å². The lowest BCUT2D eigenvalue weighted by molar-refractivity contribution is -0.147. The summed E-state index contributed by atoms with van der Waals surface area (Å²) in [6.45, 7) is 2.09. The number of hydrogen-bond donors (Lipinski definition) is 2. The zero-order valence-corrected chi connectivity index (χ0v) is 12.6. The molecule has 6 atom stereocenters. The van der Waals surface area contributed by atoms with Crippen molar-refractivity contribution < 1.29 is 14.7 Å². The lowest BCUT2D eigenvalue weighted by Crippen LogP contribution is -2.46. The van der Waals surface area contributed by atoms with E-state index in [1.807, 2.05) is 12.2 Å². The third kappa shape index (κ3) is 2.85. The standard InChI is InChI=1S/C17H25NO3/c1-10(15-9-11-6-7-12(15)8-11)18-16(19)13-4-2-3-5-14(13)17(20)21/h2-3,10-15H,4-9H2,1H3,(H,18,19)(H,20,21)/t10?,11?,12?,13-,14+,15?/m1/s1. The fourth-order valence-corrected chi connectivity index (χ4v) is 4.72. The molecular formula is C17H25NO3. The van der Waals surface area contributed by atoms with E-state index in [1.54, 1.807) is 0 Å². The minimum atomic E-state index is -0.855. The highest BCUT2D eigenvalue weighted by molar-refractivity contribution is 5.85. The lowest BCUT2D eigenvalue weighted by atomic mass is 9.81. The van der Waals surface area contributed by atoms with Crippen LogP contribution in [0.1, 0.15) is 45.4 Å². The Labute approximate surface area is 126 Å². The molecule has 2 N–H and O–H groups in total. The van der Waals surface area contributed by atoms with Crippen LogP contribution < -0.4 is 5.32 Å². The Morgan fingerprint density at radius 1 is 1.14 bits per heavy atom. The predicted octanol–water partition coefficient (Wildman–Crippen LogP) is 2.59. The van der Waals surface area contributed by atoms with Crippen LogP contribution in [0.25, 0.3) is 0 Å². The zero-order chi connectivity index (χ0) is 15.0. The number of amides is 1. The van der Waals surface area contributed by atoms with Gasteiger partial charge in [0.1, 0.15) is 0 Å². The van der Waals surface area contributed by atoms with Crippen LogP contribution in [0.4, 0.5) is 0 Å². The number of rotatable bonds is 4. The Hall–Kier alpha value is -1.32. The number of carboxylic acid groups (broad SMARTS) is 1. The molecule has 0 aliphatic heterocycles. The summed E-state index contributed by atoms with van der Waals surface area (Å²) >= 11 is 0. The van der Waals surface area contributed by atoms with E-state index >= 15 is 0 Å². The summed E-state index contributed by atoms with van der Waals surface area (Å²) < 4.78 is 0. The van der Waals surface area contributed by atoms with E-state index in [1.165, 1.54) is 25.7 Å². The summed E-state index contributed by atoms with van der Waals surface area (Å²) in [7, 11) is 0. The van der Waals surface area contributed by atoms with Crippen molar-refractivity contribution in [1.82, 2.24) is 5.32 Å². The Bertz CT molecular complexity index is 459. The lowest BCUT2D eigenvalue weighted by Gasteiger charge is -2.31. The molecule has 1 amide bonds. The van der Waals surface area contributed by atoms with E-state index in [0.717, 1.165) is 11.8 Å². The van der Waals surface area contributed by atoms with Crippen molar-refractivity contribution >= 4 is 11.9 Å². The quantitative estimate of drug-likeness (QED) is 0.782. The largest absolute Gasteiger partial charge is 0.481 e. The highest BCUT2D eigenvalue weighted by Crippen LogP contribution is 2.49. The summed E-state index contributed by atoms with van der Waals surface area (Å²) in [5, 5.41) is 12.4. The summed E-state index contributed by atoms with van der Waals surface area (Å²) in [5.41, 5.74) is 0. The molecular weight excluding hydrogens is 266 g/mol. The van der Waals surface area contributed by atoms with Crippen LogP contribution in [0.15, 0.2) is 12.2 Å². The van der Waals surface area contributed by atoms with Gasteiger partial charge in [0.2, 0.25) is 5.91 Å². The number of carbonyl (C=O) groups excluding carboxylic acids is 1. The van der Waals surface area contributed by atoms with Crippen LogP contribution in [0.2, 0.25) is 0 Å². The molecule has 0 aromatic rings. The van der Waals surface area contributed by atoms with Gasteiger partial charge in [0.05, 0.1) is 11.8 Å². The normalized spacial score (nSPS) is 39.2. The molecule has 0 heterocycles. The molecule has 4 nitrogen and oxygen atoms in total. The van der Waals surface area contributed by atoms with E-state index < -0.39 is 17.8 Å². The molecule has 0 spiro atoms. The van der Waals surface area contributed by atoms with Crippen molar-refractivity contribution in [2.75, 3.05) is 0 Å². The number of carbonyl (C=O) groups is 2. The fraction of sp³-hybridized carbons (Fsp3) is 0.765. The second kappa shape index (κ2) is 5.82. The maximum atomic E-state index is 12.5. The van der Waals surface area contributed by atoms with Gasteiger partial charge in [0.25, 0.3) is 0 Å². The Morgan fingerprint density at radius 2 is 1.86 bits per heavy atom. The van der Waals surface area contributed by atoms with Gasteiger partial charge < -0.3 is 10.4 Å². The van der Waals surface area contributed by atoms with Gasteiger partial charge in [-0.1, -0.05) is 18.6 Å². The van der Waals surface area contributed by atoms with Gasteiger partial charge in [0, 0.05) is 6.04 Å². The minimum absolute atomic E-state index is 0.0676. The van der Waals surface area contributed by atoms with Gasteiger partial charge in [0.15, 0.2) is 0 Å². The van der Waals surface area contributed by atoms with Crippen molar-refractivity contribution in [2.24, 2.45) is 29.6 Å². The van der Waals surface area contributed by atoms with Gasteiger partial charge in [-0.25, -0.2) is 0 Å². The Kier molecular flexibility index (Phi) is 4.05. The first kappa shape index (κ1) is 14.6. The molecule has 2 bridgehead atoms. The third-order valence-corrected chi connectivity index (χ3v) is 5.89. The van der Waals surface area contributed by atoms with Gasteiger partial charge in [-0.05, 0) is 56.8 Å². The molecule has 0 saturated heterocycles. The van der Waals surface area contributed by atoms with Gasteiger partial charge in [-0.15, -0.1) is 0 Å². The van der Waals surface area contributed by atoms with Gasteiger partial charge >= 0.3 is 5.97 Å². The van der Waals surface area contributed by atoms with Crippen LogP contribution in [0.3, 0.4) is 0 Å². The van der Waals surface area contributed by atoms with E-state index in [2.05, 4.69) is 12.2 Å². The van der Waals surface area contributed by atoms with Crippen molar-refractivity contribution in [2.45, 2.75) is 51.5 Å². The van der Waals surface area contributed by atoms with Crippen LogP contribution in [0, 0.1) is 29.6 Å². The maximum Gasteiger partial charge on any atom is 0.307 e. The molecule has 21 heavy (non-hydrogen) atoms. The van der Waals surface area contributed by atoms with Crippen molar-refractivity contribution in [3.05, 3.63) is 12.2 Å². The van der Waals surface area contributed by atoms with Crippen LogP contribution in [-0.2, 0) is 9.59 Å². The highest BCUT2D eigenvalue weighted by Gasteiger charge is 2.43. The average molecular weight is 291 g/mol. The molecule has 2 fully saturated rings. The summed E-state index contributed by atoms with van der Waals surface area (Å²) in [6.07, 6.45) is 10.1. The molecule has 0 radical (unpaired) electrons. The first-order chi connectivity index (χ1) is 10.1. The number of aliphatic carboxylic acids is 1. The summed E-state index contributed by atoms with van der Waals surface area (Å²) in [4.78, 5) is 23.8. The smallest absolute Gasteiger partial charge is 0.307 e. The highest BCUT2D eigenvalue weighted by atomic mass is 16.4. The second-order valence-electron chi connectivity index (χ2n) is 7.13. The first-order valence-corrected chi connectivity index (χ1v) is 8.24. The van der Waals surface area contributed by atoms with Gasteiger partial charge in [-0.3, -0.25) is 9.59 Å². The SMILES string of the molecule is CC(NC(=O)[C@@H]1CC=CC[C@@H]1C(=O)O)C1CC2CCC1C2. The maximum absolute atomic E-state index is 12.5. The number of allylic oxidation sites excluding steroid dienone is 2. The van der Waals surface area contributed by atoms with E-state index in [4.69, 9.17) is 0 Å². The van der Waals surface area contributed by atoms with Gasteiger partial charge in [-0.2, -0.15) is 0 Å². The average Bonchev–Trinajstić information content (AvgIpc) is 3.09. The molecule has 3 aliphatic carbocycles. The van der Waals surface area contributed by atoms with E-state index in [0.29, 0.717) is 18.8 Å². The molecule has 0 aromatic carbocycles. The Balaban J connectivity index is 1.60. The predicted molar refractivity (Wildman–Crippen MR) is 79.5 cm³/mol. The molecule has 3 aliphatic rings. The van der Waals surface area contributed by atoms with Crippen molar-refractivity contribution in [3.8, 4) is 0 Å². The summed E-state index contributed by atoms with van der Waals surface area (Å²) in [5.74, 6) is 0.329. The Morgan fingerprint density at radius 3 is 2.43 bits per heavy atom. The molecule has 116 valence electrons. The third-order valence-electron chi connectivity index (χ3n) is 5.89. The monoisotopic (exact) mass is 291 g/mol. The van der Waals surface area contributed by atoms with Crippen LogP contribution >= 0.6 is 0 Å². The molecule has 2 saturated carbocycles. The van der Waals surface area contributed by atoms with E-state index in [9.17, 15) is 14.7 Å². The van der Waals surface area contributed by atoms with Crippen LogP contribution in [0.5, 0.6) is 0 Å². The number of nitrogens with one attached hydrogen (secondary N) is 1. The second-order valence-corrected chi connectivity index (χ2v) is 7.13. The van der Waals surface area contributed by atoms with Crippen molar-refractivity contribution in [3.63, 3.8) is 0 Å². The zero-order valence-electron chi connectivity index (χ0n) is 12.6. The van der Waals surface area contributed by atoms with Crippen LogP contribution in [-0.4, -0.2) is 23.0 Å². The molecule has 0 aromatic heterocycles. The summed E-state index contributed by atoms with van der Waals surface area (Å²) in [6, 6.07) is 0.174. The fourth-order valence-electron chi connectivity index (χ4n) is 4.72. The topological polar surface area (TPSA) is 66.4 Å². The molecule has 4 unspecified atom stereocenters. The number of carboxylic acids is 1. The van der Waals surface area contributed by atoms with Crippen molar-refractivity contribution in [1.29, 1.82) is 0 Å². The first-order valence-electron chi connectivity index (χ1n) is 8.24. The number of hydrogen-bond acceptors (Lipinski definition) is 2. The molecule has 4 heteroatoms.